The quantitative estimate of drug-likeness (QED) is 0.892. The summed E-state index contributed by atoms with van der Waals surface area (Å²) in [4.78, 5) is 25.6. The van der Waals surface area contributed by atoms with Crippen molar-refractivity contribution in [2.24, 2.45) is 0 Å². The monoisotopic (exact) mass is 329 g/mol. The van der Waals surface area contributed by atoms with Crippen molar-refractivity contribution in [2.45, 2.75) is 13.0 Å². The molecule has 2 N–H and O–H groups in total. The van der Waals surface area contributed by atoms with Gasteiger partial charge in [-0.15, -0.1) is 0 Å². The highest BCUT2D eigenvalue weighted by Gasteiger charge is 2.23. The first-order valence-corrected chi connectivity index (χ1v) is 8.02. The first-order chi connectivity index (χ1) is 10.5. The number of carbonyl (C=O) groups is 2. The molecule has 0 unspecified atom stereocenters. The van der Waals surface area contributed by atoms with E-state index in [2.05, 4.69) is 10.6 Å². The van der Waals surface area contributed by atoms with Crippen molar-refractivity contribution in [3.05, 3.63) is 29.8 Å². The molecule has 5 nitrogen and oxygen atoms in total. The Balaban J connectivity index is 1.89. The smallest absolute Gasteiger partial charge is 0.319 e. The predicted octanol–water partition coefficient (Wildman–Crippen LogP) is 2.05. The van der Waals surface area contributed by atoms with Gasteiger partial charge in [0.15, 0.2) is 0 Å². The lowest BCUT2D eigenvalue weighted by atomic mass is 10.2. The van der Waals surface area contributed by atoms with Crippen LogP contribution >= 0.6 is 11.8 Å². The number of nitrogens with zero attached hydrogens (tertiary/aromatic N) is 1. The minimum Gasteiger partial charge on any atom is -0.339 e. The minimum absolute atomic E-state index is 0.145. The fourth-order valence-electron chi connectivity index (χ4n) is 2.07. The number of benzene rings is 1. The van der Waals surface area contributed by atoms with E-state index in [1.165, 1.54) is 0 Å². The van der Waals surface area contributed by atoms with Gasteiger partial charge in [0.25, 0.3) is 0 Å². The Morgan fingerprint density at radius 3 is 2.59 bits per heavy atom. The van der Waals surface area contributed by atoms with Crippen molar-refractivity contribution >= 4 is 29.4 Å². The second-order valence-electron chi connectivity index (χ2n) is 4.88. The normalized spacial score (nSPS) is 16.0. The Labute approximate surface area is 131 Å². The van der Waals surface area contributed by atoms with E-state index >= 15 is 0 Å². The number of carbonyl (C=O) groups excluding carboxylic acids is 2. The molecule has 1 atom stereocenters. The van der Waals surface area contributed by atoms with Crippen molar-refractivity contribution in [2.75, 3.05) is 29.9 Å². The van der Waals surface area contributed by atoms with Crippen molar-refractivity contribution in [3.63, 3.8) is 0 Å². The van der Waals surface area contributed by atoms with Gasteiger partial charge in [-0.2, -0.15) is 11.8 Å². The van der Waals surface area contributed by atoms with E-state index in [0.29, 0.717) is 19.2 Å². The van der Waals surface area contributed by atoms with Gasteiger partial charge in [0.2, 0.25) is 5.91 Å². The van der Waals surface area contributed by atoms with Gasteiger partial charge in [-0.05, 0) is 19.1 Å². The molecule has 1 aromatic rings. The number of hydrogen-bond acceptors (Lipinski definition) is 3. The molecule has 8 heteroatoms. The van der Waals surface area contributed by atoms with Crippen LogP contribution in [0.3, 0.4) is 0 Å². The van der Waals surface area contributed by atoms with E-state index in [-0.39, 0.29) is 11.6 Å². The topological polar surface area (TPSA) is 61.4 Å². The number of nitrogens with one attached hydrogen (secondary N) is 2. The van der Waals surface area contributed by atoms with Crippen molar-refractivity contribution < 1.29 is 18.4 Å². The molecule has 3 amide bonds. The van der Waals surface area contributed by atoms with Gasteiger partial charge >= 0.3 is 6.03 Å². The molecule has 1 heterocycles. The average molecular weight is 329 g/mol. The number of thioether (sulfide) groups is 1. The summed E-state index contributed by atoms with van der Waals surface area (Å²) >= 11 is 1.78. The summed E-state index contributed by atoms with van der Waals surface area (Å²) < 4.78 is 26.2. The first-order valence-electron chi connectivity index (χ1n) is 6.86. The maximum atomic E-state index is 13.4. The van der Waals surface area contributed by atoms with E-state index in [1.54, 1.807) is 23.6 Å². The summed E-state index contributed by atoms with van der Waals surface area (Å²) in [6, 6.07) is 1.41. The molecule has 0 radical (unpaired) electrons. The van der Waals surface area contributed by atoms with Gasteiger partial charge in [0.05, 0.1) is 5.69 Å². The van der Waals surface area contributed by atoms with Crippen molar-refractivity contribution in [1.82, 2.24) is 10.2 Å². The fraction of sp³-hybridized carbons (Fsp3) is 0.429. The number of halogens is 2. The van der Waals surface area contributed by atoms with Crippen molar-refractivity contribution in [3.8, 4) is 0 Å². The van der Waals surface area contributed by atoms with Gasteiger partial charge < -0.3 is 15.5 Å². The fourth-order valence-corrected chi connectivity index (χ4v) is 2.97. The lowest BCUT2D eigenvalue weighted by Crippen LogP contribution is -2.50. The van der Waals surface area contributed by atoms with Crippen LogP contribution in [0.2, 0.25) is 0 Å². The second kappa shape index (κ2) is 7.44. The third-order valence-corrected chi connectivity index (χ3v) is 4.16. The van der Waals surface area contributed by atoms with Gasteiger partial charge in [-0.3, -0.25) is 4.79 Å². The summed E-state index contributed by atoms with van der Waals surface area (Å²) in [5, 5.41) is 4.72. The molecule has 1 fully saturated rings. The van der Waals surface area contributed by atoms with Crippen molar-refractivity contribution in [1.29, 1.82) is 0 Å². The Bertz CT molecular complexity index is 565. The third kappa shape index (κ3) is 4.33. The molecule has 0 saturated carbocycles. The lowest BCUT2D eigenvalue weighted by Gasteiger charge is -2.29. The molecule has 1 aromatic carbocycles. The van der Waals surface area contributed by atoms with Crippen LogP contribution in [0.4, 0.5) is 19.3 Å². The first kappa shape index (κ1) is 16.5. The number of rotatable bonds is 3. The minimum atomic E-state index is -0.873. The Kier molecular flexibility index (Phi) is 5.59. The van der Waals surface area contributed by atoms with E-state index in [9.17, 15) is 18.4 Å². The van der Waals surface area contributed by atoms with E-state index in [1.807, 2.05) is 0 Å². The van der Waals surface area contributed by atoms with E-state index < -0.39 is 23.7 Å². The highest BCUT2D eigenvalue weighted by Crippen LogP contribution is 2.15. The number of amides is 3. The number of hydrogen-bond donors (Lipinski definition) is 2. The molecule has 2 rings (SSSR count). The third-order valence-electron chi connectivity index (χ3n) is 3.22. The predicted molar refractivity (Wildman–Crippen MR) is 81.9 cm³/mol. The molecule has 0 spiro atoms. The maximum absolute atomic E-state index is 13.4. The SMILES string of the molecule is C[C@H](NC(=O)Nc1ccc(F)cc1F)C(=O)N1CCSCC1. The Morgan fingerprint density at radius 1 is 1.27 bits per heavy atom. The molecule has 1 aliphatic heterocycles. The van der Waals surface area contributed by atoms with Crippen LogP contribution in [0.15, 0.2) is 18.2 Å². The summed E-state index contributed by atoms with van der Waals surface area (Å²) in [5.41, 5.74) is -0.145. The zero-order chi connectivity index (χ0) is 16.1. The van der Waals surface area contributed by atoms with Crippen LogP contribution in [0, 0.1) is 11.6 Å². The van der Waals surface area contributed by atoms with E-state index in [0.717, 1.165) is 23.6 Å². The van der Waals surface area contributed by atoms with Crippen LogP contribution in [-0.4, -0.2) is 47.5 Å². The molecule has 0 aromatic heterocycles. The highest BCUT2D eigenvalue weighted by molar-refractivity contribution is 7.99. The van der Waals surface area contributed by atoms with Gasteiger partial charge in [-0.25, -0.2) is 13.6 Å². The van der Waals surface area contributed by atoms with Crippen LogP contribution in [0.1, 0.15) is 6.92 Å². The summed E-state index contributed by atoms with van der Waals surface area (Å²) in [5.74, 6) is -0.0103. The molecule has 1 aliphatic rings. The lowest BCUT2D eigenvalue weighted by molar-refractivity contribution is -0.132. The molecule has 22 heavy (non-hydrogen) atoms. The molecule has 0 aliphatic carbocycles. The second-order valence-corrected chi connectivity index (χ2v) is 6.11. The maximum Gasteiger partial charge on any atom is 0.319 e. The number of anilines is 1. The Morgan fingerprint density at radius 2 is 1.95 bits per heavy atom. The molecule has 1 saturated heterocycles. The van der Waals surface area contributed by atoms with Crippen LogP contribution < -0.4 is 10.6 Å². The van der Waals surface area contributed by atoms with Crippen LogP contribution in [0.5, 0.6) is 0 Å². The molecule has 0 bridgehead atoms. The van der Waals surface area contributed by atoms with Gasteiger partial charge in [0, 0.05) is 30.7 Å². The highest BCUT2D eigenvalue weighted by atomic mass is 32.2. The zero-order valence-corrected chi connectivity index (χ0v) is 12.9. The summed E-state index contributed by atoms with van der Waals surface area (Å²) in [7, 11) is 0. The molecule has 120 valence electrons. The molecular weight excluding hydrogens is 312 g/mol. The van der Waals surface area contributed by atoms with Gasteiger partial charge in [-0.1, -0.05) is 0 Å². The average Bonchev–Trinajstić information content (AvgIpc) is 2.50. The standard InChI is InChI=1S/C14H17F2N3O2S/c1-9(13(20)19-4-6-22-7-5-19)17-14(21)18-12-3-2-10(15)8-11(12)16/h2-3,8-9H,4-7H2,1H3,(H2,17,18,21)/t9-/m0/s1. The van der Waals surface area contributed by atoms with Gasteiger partial charge in [0.1, 0.15) is 17.7 Å². The van der Waals surface area contributed by atoms with Crippen LogP contribution in [0.25, 0.3) is 0 Å². The largest absolute Gasteiger partial charge is 0.339 e. The molecular formula is C14H17F2N3O2S. The number of urea groups is 1. The van der Waals surface area contributed by atoms with Crippen LogP contribution in [-0.2, 0) is 4.79 Å². The Hall–Kier alpha value is -1.83. The summed E-state index contributed by atoms with van der Waals surface area (Å²) in [6.45, 7) is 2.89. The zero-order valence-electron chi connectivity index (χ0n) is 12.1. The van der Waals surface area contributed by atoms with E-state index in [4.69, 9.17) is 0 Å². The summed E-state index contributed by atoms with van der Waals surface area (Å²) in [6.07, 6.45) is 0.